The molecule has 0 aliphatic heterocycles. The second-order valence-corrected chi connectivity index (χ2v) is 7.68. The van der Waals surface area contributed by atoms with Gasteiger partial charge in [0.2, 0.25) is 0 Å². The normalized spacial score (nSPS) is 11.5. The van der Waals surface area contributed by atoms with Crippen molar-refractivity contribution in [3.63, 3.8) is 0 Å². The van der Waals surface area contributed by atoms with E-state index in [4.69, 9.17) is 4.74 Å². The SMILES string of the molecule is CCOc1ccc(S(=O)(=O)N(CC)c2ccc(C(C)C)cc2)cc1. The van der Waals surface area contributed by atoms with Crippen molar-refractivity contribution in [2.75, 3.05) is 17.5 Å². The molecule has 4 nitrogen and oxygen atoms in total. The summed E-state index contributed by atoms with van der Waals surface area (Å²) < 4.78 is 32.7. The lowest BCUT2D eigenvalue weighted by molar-refractivity contribution is 0.340. The molecule has 0 saturated carbocycles. The quantitative estimate of drug-likeness (QED) is 0.744. The predicted molar refractivity (Wildman–Crippen MR) is 98.3 cm³/mol. The molecule has 0 radical (unpaired) electrons. The predicted octanol–water partition coefficient (Wildman–Crippen LogP) is 4.42. The molecule has 2 aromatic rings. The maximum absolute atomic E-state index is 12.9. The average Bonchev–Trinajstić information content (AvgIpc) is 2.56. The summed E-state index contributed by atoms with van der Waals surface area (Å²) in [6, 6.07) is 14.2. The van der Waals surface area contributed by atoms with E-state index in [1.54, 1.807) is 24.3 Å². The summed E-state index contributed by atoms with van der Waals surface area (Å²) in [6.45, 7) is 8.88. The van der Waals surface area contributed by atoms with E-state index in [9.17, 15) is 8.42 Å². The van der Waals surface area contributed by atoms with E-state index in [0.717, 1.165) is 0 Å². The number of benzene rings is 2. The van der Waals surface area contributed by atoms with E-state index in [2.05, 4.69) is 13.8 Å². The van der Waals surface area contributed by atoms with E-state index in [1.807, 2.05) is 38.1 Å². The molecule has 0 fully saturated rings. The van der Waals surface area contributed by atoms with Crippen LogP contribution in [-0.4, -0.2) is 21.6 Å². The fourth-order valence-electron chi connectivity index (χ4n) is 2.52. The van der Waals surface area contributed by atoms with Gasteiger partial charge in [0.25, 0.3) is 10.0 Å². The minimum Gasteiger partial charge on any atom is -0.494 e. The molecule has 0 atom stereocenters. The molecular weight excluding hydrogens is 322 g/mol. The van der Waals surface area contributed by atoms with Gasteiger partial charge in [0.1, 0.15) is 5.75 Å². The van der Waals surface area contributed by atoms with Gasteiger partial charge in [0.05, 0.1) is 17.2 Å². The standard InChI is InChI=1S/C19H25NO3S/c1-5-20(17-9-7-16(8-10-17)15(3)4)24(21,22)19-13-11-18(12-14-19)23-6-2/h7-15H,5-6H2,1-4H3. The minimum absolute atomic E-state index is 0.265. The van der Waals surface area contributed by atoms with Crippen LogP contribution >= 0.6 is 0 Å². The summed E-state index contributed by atoms with van der Waals surface area (Å²) in [5.74, 6) is 1.08. The number of ether oxygens (including phenoxy) is 1. The summed E-state index contributed by atoms with van der Waals surface area (Å²) in [6.07, 6.45) is 0. The summed E-state index contributed by atoms with van der Waals surface area (Å²) in [5.41, 5.74) is 1.86. The Bertz CT molecular complexity index is 750. The fourth-order valence-corrected chi connectivity index (χ4v) is 3.99. The number of anilines is 1. The molecule has 0 unspecified atom stereocenters. The van der Waals surface area contributed by atoms with Gasteiger partial charge in [-0.2, -0.15) is 0 Å². The lowest BCUT2D eigenvalue weighted by Crippen LogP contribution is -2.30. The third-order valence-electron chi connectivity index (χ3n) is 3.86. The van der Waals surface area contributed by atoms with Gasteiger partial charge in [-0.3, -0.25) is 4.31 Å². The molecule has 0 bridgehead atoms. The molecule has 2 rings (SSSR count). The first-order valence-electron chi connectivity index (χ1n) is 8.25. The van der Waals surface area contributed by atoms with Crippen molar-refractivity contribution in [3.05, 3.63) is 54.1 Å². The van der Waals surface area contributed by atoms with E-state index in [-0.39, 0.29) is 4.90 Å². The molecule has 24 heavy (non-hydrogen) atoms. The molecule has 0 aliphatic rings. The van der Waals surface area contributed by atoms with Crippen LogP contribution in [0.5, 0.6) is 5.75 Å². The van der Waals surface area contributed by atoms with Crippen LogP contribution in [0.15, 0.2) is 53.4 Å². The van der Waals surface area contributed by atoms with Crippen LogP contribution in [-0.2, 0) is 10.0 Å². The summed E-state index contributed by atoms with van der Waals surface area (Å²) in [5, 5.41) is 0. The van der Waals surface area contributed by atoms with Crippen LogP contribution in [0.1, 0.15) is 39.2 Å². The molecule has 0 N–H and O–H groups in total. The molecule has 2 aromatic carbocycles. The lowest BCUT2D eigenvalue weighted by atomic mass is 10.0. The number of hydrogen-bond donors (Lipinski definition) is 0. The van der Waals surface area contributed by atoms with Gasteiger partial charge in [-0.25, -0.2) is 8.42 Å². The van der Waals surface area contributed by atoms with Crippen molar-refractivity contribution in [3.8, 4) is 5.75 Å². The molecule has 5 heteroatoms. The number of sulfonamides is 1. The van der Waals surface area contributed by atoms with Crippen molar-refractivity contribution in [2.24, 2.45) is 0 Å². The Morgan fingerprint density at radius 2 is 1.54 bits per heavy atom. The Labute approximate surface area is 145 Å². The largest absolute Gasteiger partial charge is 0.494 e. The molecule has 0 aromatic heterocycles. The molecule has 0 spiro atoms. The first kappa shape index (κ1) is 18.3. The average molecular weight is 347 g/mol. The van der Waals surface area contributed by atoms with Crippen LogP contribution in [0, 0.1) is 0 Å². The maximum atomic E-state index is 12.9. The van der Waals surface area contributed by atoms with Crippen molar-refractivity contribution >= 4 is 15.7 Å². The van der Waals surface area contributed by atoms with Crippen LogP contribution < -0.4 is 9.04 Å². The Kier molecular flexibility index (Phi) is 5.89. The molecule has 0 amide bonds. The second-order valence-electron chi connectivity index (χ2n) is 5.82. The van der Waals surface area contributed by atoms with E-state index >= 15 is 0 Å². The van der Waals surface area contributed by atoms with Crippen molar-refractivity contribution in [2.45, 2.75) is 38.5 Å². The zero-order chi connectivity index (χ0) is 17.7. The van der Waals surface area contributed by atoms with E-state index < -0.39 is 10.0 Å². The second kappa shape index (κ2) is 7.71. The van der Waals surface area contributed by atoms with Gasteiger partial charge in [0, 0.05) is 6.54 Å². The van der Waals surface area contributed by atoms with Gasteiger partial charge in [-0.05, 0) is 61.7 Å². The van der Waals surface area contributed by atoms with Crippen molar-refractivity contribution < 1.29 is 13.2 Å². The van der Waals surface area contributed by atoms with Gasteiger partial charge in [0.15, 0.2) is 0 Å². The van der Waals surface area contributed by atoms with Crippen LogP contribution in [0.2, 0.25) is 0 Å². The van der Waals surface area contributed by atoms with Gasteiger partial charge < -0.3 is 4.74 Å². The van der Waals surface area contributed by atoms with Gasteiger partial charge >= 0.3 is 0 Å². The third-order valence-corrected chi connectivity index (χ3v) is 5.77. The highest BCUT2D eigenvalue weighted by molar-refractivity contribution is 7.92. The summed E-state index contributed by atoms with van der Waals surface area (Å²) in [7, 11) is -3.59. The fraction of sp³-hybridized carbons (Fsp3) is 0.368. The Morgan fingerprint density at radius 3 is 2.00 bits per heavy atom. The van der Waals surface area contributed by atoms with Crippen LogP contribution in [0.25, 0.3) is 0 Å². The van der Waals surface area contributed by atoms with E-state index in [1.165, 1.54) is 9.87 Å². The smallest absolute Gasteiger partial charge is 0.264 e. The number of rotatable bonds is 7. The molecular formula is C19H25NO3S. The van der Waals surface area contributed by atoms with Crippen molar-refractivity contribution in [1.82, 2.24) is 0 Å². The minimum atomic E-state index is -3.59. The zero-order valence-electron chi connectivity index (χ0n) is 14.7. The topological polar surface area (TPSA) is 46.6 Å². The zero-order valence-corrected chi connectivity index (χ0v) is 15.5. The molecule has 0 heterocycles. The van der Waals surface area contributed by atoms with Gasteiger partial charge in [-0.1, -0.05) is 26.0 Å². The van der Waals surface area contributed by atoms with Gasteiger partial charge in [-0.15, -0.1) is 0 Å². The summed E-state index contributed by atoms with van der Waals surface area (Å²) in [4.78, 5) is 0.265. The first-order chi connectivity index (χ1) is 11.4. The van der Waals surface area contributed by atoms with E-state index in [0.29, 0.717) is 30.5 Å². The number of hydrogen-bond acceptors (Lipinski definition) is 3. The monoisotopic (exact) mass is 347 g/mol. The highest BCUT2D eigenvalue weighted by atomic mass is 32.2. The number of nitrogens with zero attached hydrogens (tertiary/aromatic N) is 1. The third kappa shape index (κ3) is 3.90. The highest BCUT2D eigenvalue weighted by Crippen LogP contribution is 2.26. The Balaban J connectivity index is 2.33. The first-order valence-corrected chi connectivity index (χ1v) is 9.69. The molecule has 0 saturated heterocycles. The Hall–Kier alpha value is -2.01. The molecule has 130 valence electrons. The summed E-state index contributed by atoms with van der Waals surface area (Å²) >= 11 is 0. The maximum Gasteiger partial charge on any atom is 0.264 e. The van der Waals surface area contributed by atoms with Crippen LogP contribution in [0.3, 0.4) is 0 Å². The van der Waals surface area contributed by atoms with Crippen molar-refractivity contribution in [1.29, 1.82) is 0 Å². The Morgan fingerprint density at radius 1 is 0.958 bits per heavy atom. The van der Waals surface area contributed by atoms with Crippen LogP contribution in [0.4, 0.5) is 5.69 Å². The lowest BCUT2D eigenvalue weighted by Gasteiger charge is -2.23. The molecule has 0 aliphatic carbocycles. The highest BCUT2D eigenvalue weighted by Gasteiger charge is 2.23.